The largest absolute Gasteiger partial charge is 0.311 e. The maximum Gasteiger partial charge on any atom is 0.146 e. The van der Waals surface area contributed by atoms with E-state index in [1.54, 1.807) is 6.07 Å². The van der Waals surface area contributed by atoms with Crippen molar-refractivity contribution in [3.05, 3.63) is 34.6 Å². The third-order valence-electron chi connectivity index (χ3n) is 3.60. The Morgan fingerprint density at radius 3 is 3.00 bits per heavy atom. The summed E-state index contributed by atoms with van der Waals surface area (Å²) in [7, 11) is 0. The predicted octanol–water partition coefficient (Wildman–Crippen LogP) is 3.05. The van der Waals surface area contributed by atoms with E-state index in [-0.39, 0.29) is 10.8 Å². The van der Waals surface area contributed by atoms with Crippen LogP contribution in [0.3, 0.4) is 0 Å². The summed E-state index contributed by atoms with van der Waals surface area (Å²) >= 11 is 5.82. The Morgan fingerprint density at radius 1 is 1.50 bits per heavy atom. The standard InChI is InChI=1S/C14H20ClFN2/c1-3-12-7-17-10(2)8-18(12)9-11-5-4-6-13(15)14(11)16/h4-6,10,12,17H,3,7-9H2,1-2H3. The first-order valence-electron chi connectivity index (χ1n) is 6.52. The third kappa shape index (κ3) is 3.02. The van der Waals surface area contributed by atoms with E-state index >= 15 is 0 Å². The van der Waals surface area contributed by atoms with Gasteiger partial charge in [-0.25, -0.2) is 4.39 Å². The fourth-order valence-corrected chi connectivity index (χ4v) is 2.71. The molecule has 0 radical (unpaired) electrons. The molecule has 1 fully saturated rings. The molecule has 18 heavy (non-hydrogen) atoms. The smallest absolute Gasteiger partial charge is 0.146 e. The van der Waals surface area contributed by atoms with Crippen LogP contribution in [0.1, 0.15) is 25.8 Å². The highest BCUT2D eigenvalue weighted by molar-refractivity contribution is 6.30. The Morgan fingerprint density at radius 2 is 2.28 bits per heavy atom. The van der Waals surface area contributed by atoms with Crippen LogP contribution in [-0.2, 0) is 6.54 Å². The Bertz CT molecular complexity index is 411. The summed E-state index contributed by atoms with van der Waals surface area (Å²) in [6, 6.07) is 6.15. The van der Waals surface area contributed by atoms with Crippen LogP contribution in [0.15, 0.2) is 18.2 Å². The van der Waals surface area contributed by atoms with E-state index in [1.165, 1.54) is 0 Å². The van der Waals surface area contributed by atoms with Crippen LogP contribution in [0.5, 0.6) is 0 Å². The van der Waals surface area contributed by atoms with E-state index in [1.807, 2.05) is 12.1 Å². The second-order valence-corrected chi connectivity index (χ2v) is 5.42. The van der Waals surface area contributed by atoms with E-state index in [0.29, 0.717) is 24.2 Å². The zero-order chi connectivity index (χ0) is 13.1. The van der Waals surface area contributed by atoms with Crippen molar-refractivity contribution in [2.75, 3.05) is 13.1 Å². The molecule has 1 aliphatic rings. The van der Waals surface area contributed by atoms with Crippen molar-refractivity contribution in [3.63, 3.8) is 0 Å². The molecule has 0 amide bonds. The lowest BCUT2D eigenvalue weighted by Crippen LogP contribution is -2.54. The molecule has 2 rings (SSSR count). The van der Waals surface area contributed by atoms with Crippen molar-refractivity contribution in [1.29, 1.82) is 0 Å². The summed E-state index contributed by atoms with van der Waals surface area (Å²) in [5.74, 6) is -0.278. The van der Waals surface area contributed by atoms with Crippen molar-refractivity contribution in [2.45, 2.75) is 38.9 Å². The summed E-state index contributed by atoms with van der Waals surface area (Å²) in [6.07, 6.45) is 1.07. The van der Waals surface area contributed by atoms with Gasteiger partial charge in [-0.3, -0.25) is 4.90 Å². The van der Waals surface area contributed by atoms with Gasteiger partial charge in [-0.15, -0.1) is 0 Å². The highest BCUT2D eigenvalue weighted by Crippen LogP contribution is 2.21. The average Bonchev–Trinajstić information content (AvgIpc) is 2.35. The summed E-state index contributed by atoms with van der Waals surface area (Å²) < 4.78 is 13.9. The molecule has 1 N–H and O–H groups in total. The summed E-state index contributed by atoms with van der Waals surface area (Å²) in [5, 5.41) is 3.68. The van der Waals surface area contributed by atoms with Gasteiger partial charge in [0.1, 0.15) is 5.82 Å². The van der Waals surface area contributed by atoms with Gasteiger partial charge in [-0.1, -0.05) is 30.7 Å². The van der Waals surface area contributed by atoms with Gasteiger partial charge in [0.25, 0.3) is 0 Å². The number of hydrogen-bond acceptors (Lipinski definition) is 2. The average molecular weight is 271 g/mol. The SMILES string of the molecule is CCC1CNC(C)CN1Cc1cccc(Cl)c1F. The summed E-state index contributed by atoms with van der Waals surface area (Å²) in [6.45, 7) is 6.89. The molecule has 0 aliphatic carbocycles. The van der Waals surface area contributed by atoms with Crippen molar-refractivity contribution in [2.24, 2.45) is 0 Å². The molecule has 0 aromatic heterocycles. The van der Waals surface area contributed by atoms with Gasteiger partial charge in [-0.2, -0.15) is 0 Å². The number of hydrogen-bond donors (Lipinski definition) is 1. The highest BCUT2D eigenvalue weighted by Gasteiger charge is 2.25. The molecule has 0 bridgehead atoms. The van der Waals surface area contributed by atoms with Gasteiger partial charge in [0.15, 0.2) is 0 Å². The Labute approximate surface area is 113 Å². The zero-order valence-electron chi connectivity index (χ0n) is 10.9. The number of rotatable bonds is 3. The molecule has 4 heteroatoms. The van der Waals surface area contributed by atoms with Gasteiger partial charge in [-0.05, 0) is 19.4 Å². The summed E-state index contributed by atoms with van der Waals surface area (Å²) in [5.41, 5.74) is 0.690. The van der Waals surface area contributed by atoms with Crippen molar-refractivity contribution >= 4 is 11.6 Å². The first-order valence-corrected chi connectivity index (χ1v) is 6.90. The molecule has 2 nitrogen and oxygen atoms in total. The molecule has 2 atom stereocenters. The summed E-state index contributed by atoms with van der Waals surface area (Å²) in [4.78, 5) is 2.34. The fourth-order valence-electron chi connectivity index (χ4n) is 2.52. The van der Waals surface area contributed by atoms with Crippen LogP contribution in [0.2, 0.25) is 5.02 Å². The van der Waals surface area contributed by atoms with Crippen molar-refractivity contribution in [1.82, 2.24) is 10.2 Å². The second-order valence-electron chi connectivity index (χ2n) is 5.01. The lowest BCUT2D eigenvalue weighted by Gasteiger charge is -2.39. The Balaban J connectivity index is 2.13. The number of halogens is 2. The minimum atomic E-state index is -0.278. The molecular weight excluding hydrogens is 251 g/mol. The Kier molecular flexibility index (Phi) is 4.60. The first-order chi connectivity index (χ1) is 8.61. The molecule has 2 unspecified atom stereocenters. The Hall–Kier alpha value is -0.640. The van der Waals surface area contributed by atoms with Gasteiger partial charge >= 0.3 is 0 Å². The van der Waals surface area contributed by atoms with Crippen LogP contribution in [-0.4, -0.2) is 30.1 Å². The van der Waals surface area contributed by atoms with Gasteiger partial charge in [0.05, 0.1) is 5.02 Å². The van der Waals surface area contributed by atoms with Crippen LogP contribution in [0.4, 0.5) is 4.39 Å². The van der Waals surface area contributed by atoms with E-state index in [2.05, 4.69) is 24.1 Å². The number of nitrogens with zero attached hydrogens (tertiary/aromatic N) is 1. The molecule has 0 saturated carbocycles. The molecule has 1 saturated heterocycles. The predicted molar refractivity (Wildman–Crippen MR) is 73.4 cm³/mol. The number of benzene rings is 1. The molecule has 1 heterocycles. The molecule has 1 aromatic carbocycles. The van der Waals surface area contributed by atoms with Crippen LogP contribution >= 0.6 is 11.6 Å². The van der Waals surface area contributed by atoms with E-state index < -0.39 is 0 Å². The fraction of sp³-hybridized carbons (Fsp3) is 0.571. The van der Waals surface area contributed by atoms with Crippen LogP contribution in [0, 0.1) is 5.82 Å². The minimum absolute atomic E-state index is 0.212. The molecule has 100 valence electrons. The third-order valence-corrected chi connectivity index (χ3v) is 3.89. The van der Waals surface area contributed by atoms with E-state index in [4.69, 9.17) is 11.6 Å². The van der Waals surface area contributed by atoms with Crippen LogP contribution in [0.25, 0.3) is 0 Å². The zero-order valence-corrected chi connectivity index (χ0v) is 11.7. The lowest BCUT2D eigenvalue weighted by atomic mass is 10.1. The topological polar surface area (TPSA) is 15.3 Å². The van der Waals surface area contributed by atoms with Gasteiger partial charge in [0.2, 0.25) is 0 Å². The lowest BCUT2D eigenvalue weighted by molar-refractivity contribution is 0.123. The second kappa shape index (κ2) is 6.00. The minimum Gasteiger partial charge on any atom is -0.311 e. The monoisotopic (exact) mass is 270 g/mol. The molecular formula is C14H20ClFN2. The first kappa shape index (κ1) is 13.8. The van der Waals surface area contributed by atoms with Gasteiger partial charge < -0.3 is 5.32 Å². The van der Waals surface area contributed by atoms with E-state index in [9.17, 15) is 4.39 Å². The molecule has 1 aliphatic heterocycles. The highest BCUT2D eigenvalue weighted by atomic mass is 35.5. The number of nitrogens with one attached hydrogen (secondary N) is 1. The number of piperazine rings is 1. The van der Waals surface area contributed by atoms with Crippen molar-refractivity contribution in [3.8, 4) is 0 Å². The molecule has 0 spiro atoms. The van der Waals surface area contributed by atoms with E-state index in [0.717, 1.165) is 19.5 Å². The van der Waals surface area contributed by atoms with Gasteiger partial charge in [0, 0.05) is 37.3 Å². The van der Waals surface area contributed by atoms with Crippen LogP contribution < -0.4 is 5.32 Å². The maximum absolute atomic E-state index is 13.9. The van der Waals surface area contributed by atoms with Crippen molar-refractivity contribution < 1.29 is 4.39 Å². The normalized spacial score (nSPS) is 25.3. The quantitative estimate of drug-likeness (QED) is 0.908. The maximum atomic E-state index is 13.9. The molecule has 1 aromatic rings.